The van der Waals surface area contributed by atoms with Crippen LogP contribution in [0.25, 0.3) is 16.7 Å². The second kappa shape index (κ2) is 5.04. The highest BCUT2D eigenvalue weighted by Crippen LogP contribution is 2.25. The molecule has 1 aromatic carbocycles. The number of aromatic nitrogens is 2. The summed E-state index contributed by atoms with van der Waals surface area (Å²) in [5.41, 5.74) is 4.42. The molecule has 0 radical (unpaired) electrons. The van der Waals surface area contributed by atoms with Gasteiger partial charge in [-0.15, -0.1) is 0 Å². The predicted molar refractivity (Wildman–Crippen MR) is 84.7 cm³/mol. The third-order valence-electron chi connectivity index (χ3n) is 4.53. The number of nitrogens with zero attached hydrogens (tertiary/aromatic N) is 3. The van der Waals surface area contributed by atoms with Crippen molar-refractivity contribution in [2.75, 3.05) is 24.6 Å². The maximum absolute atomic E-state index is 9.24. The Morgan fingerprint density at radius 3 is 2.76 bits per heavy atom. The predicted octanol–water partition coefficient (Wildman–Crippen LogP) is 2.70. The van der Waals surface area contributed by atoms with Crippen molar-refractivity contribution >= 4 is 22.4 Å². The van der Waals surface area contributed by atoms with E-state index >= 15 is 0 Å². The minimum atomic E-state index is 0.318. The van der Waals surface area contributed by atoms with Crippen LogP contribution in [0.5, 0.6) is 0 Å². The molecule has 1 aliphatic heterocycles. The van der Waals surface area contributed by atoms with Gasteiger partial charge < -0.3 is 10.0 Å². The van der Waals surface area contributed by atoms with Crippen LogP contribution in [0.15, 0.2) is 42.6 Å². The maximum Gasteiger partial charge on any atom is 0.139 e. The van der Waals surface area contributed by atoms with E-state index in [-0.39, 0.29) is 0 Å². The molecule has 0 unspecified atom stereocenters. The number of aliphatic hydroxyl groups is 1. The molecule has 4 rings (SSSR count). The lowest BCUT2D eigenvalue weighted by Gasteiger charge is -2.32. The van der Waals surface area contributed by atoms with Crippen molar-refractivity contribution in [1.82, 2.24) is 9.38 Å². The summed E-state index contributed by atoms with van der Waals surface area (Å²) in [6.07, 6.45) is 4.24. The summed E-state index contributed by atoms with van der Waals surface area (Å²) in [5.74, 6) is 0.471. The number of hydrogen-bond acceptors (Lipinski definition) is 3. The second-order valence-corrected chi connectivity index (χ2v) is 5.83. The monoisotopic (exact) mass is 281 g/mol. The minimum absolute atomic E-state index is 0.318. The van der Waals surface area contributed by atoms with Gasteiger partial charge in [0.25, 0.3) is 0 Å². The van der Waals surface area contributed by atoms with E-state index in [4.69, 9.17) is 4.98 Å². The molecule has 3 aromatic rings. The minimum Gasteiger partial charge on any atom is -0.396 e. The molecule has 4 heteroatoms. The van der Waals surface area contributed by atoms with E-state index in [1.165, 1.54) is 5.69 Å². The Morgan fingerprint density at radius 2 is 1.95 bits per heavy atom. The molecule has 1 fully saturated rings. The molecule has 0 spiro atoms. The Balaban J connectivity index is 1.69. The largest absolute Gasteiger partial charge is 0.396 e. The van der Waals surface area contributed by atoms with Crippen molar-refractivity contribution in [2.24, 2.45) is 5.92 Å². The second-order valence-electron chi connectivity index (χ2n) is 5.83. The molecule has 0 aliphatic carbocycles. The molecule has 0 amide bonds. The van der Waals surface area contributed by atoms with E-state index in [2.05, 4.69) is 39.8 Å². The van der Waals surface area contributed by atoms with Gasteiger partial charge in [-0.2, -0.15) is 0 Å². The molecule has 3 heterocycles. The van der Waals surface area contributed by atoms with Gasteiger partial charge in [-0.1, -0.05) is 12.1 Å². The summed E-state index contributed by atoms with van der Waals surface area (Å²) in [4.78, 5) is 7.09. The number of anilines is 1. The summed E-state index contributed by atoms with van der Waals surface area (Å²) >= 11 is 0. The number of fused-ring (bicyclic) bond motifs is 3. The van der Waals surface area contributed by atoms with Gasteiger partial charge in [-0.25, -0.2) is 4.98 Å². The molecule has 0 bridgehead atoms. The first kappa shape index (κ1) is 12.7. The standard InChI is InChI=1S/C17H19N3O/c21-12-13-5-8-19(9-6-13)14-7-10-20-16-4-2-1-3-15(16)18-17(20)11-14/h1-4,7,10-11,13,21H,5-6,8-9,12H2. The van der Waals surface area contributed by atoms with Gasteiger partial charge in [0.1, 0.15) is 5.65 Å². The Morgan fingerprint density at radius 1 is 1.14 bits per heavy atom. The summed E-state index contributed by atoms with van der Waals surface area (Å²) in [5, 5.41) is 9.24. The first-order valence-corrected chi connectivity index (χ1v) is 7.58. The molecular weight excluding hydrogens is 262 g/mol. The van der Waals surface area contributed by atoms with Gasteiger partial charge in [-0.3, -0.25) is 4.40 Å². The zero-order chi connectivity index (χ0) is 14.2. The summed E-state index contributed by atoms with van der Waals surface area (Å²) in [6.45, 7) is 2.35. The average molecular weight is 281 g/mol. The average Bonchev–Trinajstić information content (AvgIpc) is 2.92. The van der Waals surface area contributed by atoms with Crippen molar-refractivity contribution in [3.63, 3.8) is 0 Å². The Labute approximate surface area is 123 Å². The van der Waals surface area contributed by atoms with Gasteiger partial charge in [-0.05, 0) is 37.0 Å². The van der Waals surface area contributed by atoms with E-state index in [1.54, 1.807) is 0 Å². The smallest absolute Gasteiger partial charge is 0.139 e. The fourth-order valence-electron chi connectivity index (χ4n) is 3.22. The van der Waals surface area contributed by atoms with E-state index in [0.717, 1.165) is 42.6 Å². The van der Waals surface area contributed by atoms with Crippen LogP contribution in [-0.2, 0) is 0 Å². The summed E-state index contributed by atoms with van der Waals surface area (Å²) in [7, 11) is 0. The van der Waals surface area contributed by atoms with Gasteiger partial charge in [0.05, 0.1) is 11.0 Å². The highest BCUT2D eigenvalue weighted by molar-refractivity contribution is 5.81. The number of piperidine rings is 1. The first-order valence-electron chi connectivity index (χ1n) is 7.58. The normalized spacial score (nSPS) is 16.9. The molecule has 0 atom stereocenters. The van der Waals surface area contributed by atoms with Crippen LogP contribution >= 0.6 is 0 Å². The quantitative estimate of drug-likeness (QED) is 0.785. The Kier molecular flexibility index (Phi) is 3.04. The van der Waals surface area contributed by atoms with Crippen LogP contribution in [0.2, 0.25) is 0 Å². The number of aliphatic hydroxyl groups excluding tert-OH is 1. The summed E-state index contributed by atoms with van der Waals surface area (Å²) < 4.78 is 2.14. The molecule has 108 valence electrons. The fraction of sp³-hybridized carbons (Fsp3) is 0.353. The van der Waals surface area contributed by atoms with Crippen LogP contribution in [0.3, 0.4) is 0 Å². The maximum atomic E-state index is 9.24. The zero-order valence-corrected chi connectivity index (χ0v) is 11.9. The van der Waals surface area contributed by atoms with Crippen molar-refractivity contribution in [2.45, 2.75) is 12.8 Å². The number of benzene rings is 1. The van der Waals surface area contributed by atoms with Crippen molar-refractivity contribution in [1.29, 1.82) is 0 Å². The lowest BCUT2D eigenvalue weighted by atomic mass is 9.97. The van der Waals surface area contributed by atoms with Crippen LogP contribution in [0, 0.1) is 5.92 Å². The topological polar surface area (TPSA) is 40.8 Å². The summed E-state index contributed by atoms with van der Waals surface area (Å²) in [6, 6.07) is 12.6. The van der Waals surface area contributed by atoms with Crippen LogP contribution < -0.4 is 4.90 Å². The Hall–Kier alpha value is -2.07. The van der Waals surface area contributed by atoms with Gasteiger partial charge >= 0.3 is 0 Å². The molecule has 1 saturated heterocycles. The molecule has 4 nitrogen and oxygen atoms in total. The highest BCUT2D eigenvalue weighted by atomic mass is 16.3. The van der Waals surface area contributed by atoms with Crippen LogP contribution in [0.1, 0.15) is 12.8 Å². The van der Waals surface area contributed by atoms with Crippen molar-refractivity contribution in [3.05, 3.63) is 42.6 Å². The first-order chi connectivity index (χ1) is 10.3. The lowest BCUT2D eigenvalue weighted by Crippen LogP contribution is -2.34. The molecule has 1 N–H and O–H groups in total. The SMILES string of the molecule is OCC1CCN(c2ccn3c(c2)nc2ccccc23)CC1. The lowest BCUT2D eigenvalue weighted by molar-refractivity contribution is 0.203. The van der Waals surface area contributed by atoms with Crippen LogP contribution in [0.4, 0.5) is 5.69 Å². The molecule has 0 saturated carbocycles. The van der Waals surface area contributed by atoms with E-state index in [9.17, 15) is 5.11 Å². The van der Waals surface area contributed by atoms with Gasteiger partial charge in [0.2, 0.25) is 0 Å². The van der Waals surface area contributed by atoms with E-state index in [1.807, 2.05) is 12.1 Å². The van der Waals surface area contributed by atoms with E-state index in [0.29, 0.717) is 12.5 Å². The molecule has 21 heavy (non-hydrogen) atoms. The molecular formula is C17H19N3O. The number of hydrogen-bond donors (Lipinski definition) is 1. The molecule has 2 aromatic heterocycles. The zero-order valence-electron chi connectivity index (χ0n) is 11.9. The van der Waals surface area contributed by atoms with Crippen molar-refractivity contribution in [3.8, 4) is 0 Å². The number of imidazole rings is 1. The van der Waals surface area contributed by atoms with Gasteiger partial charge in [0, 0.05) is 37.6 Å². The number of pyridine rings is 1. The number of para-hydroxylation sites is 2. The third kappa shape index (κ3) is 2.16. The number of rotatable bonds is 2. The third-order valence-corrected chi connectivity index (χ3v) is 4.53. The van der Waals surface area contributed by atoms with E-state index < -0.39 is 0 Å². The Bertz CT molecular complexity index is 772. The van der Waals surface area contributed by atoms with Crippen molar-refractivity contribution < 1.29 is 5.11 Å². The molecule has 1 aliphatic rings. The fourth-order valence-corrected chi connectivity index (χ4v) is 3.22. The van der Waals surface area contributed by atoms with Gasteiger partial charge in [0.15, 0.2) is 0 Å². The van der Waals surface area contributed by atoms with Crippen LogP contribution in [-0.4, -0.2) is 34.2 Å². The highest BCUT2D eigenvalue weighted by Gasteiger charge is 2.19.